The van der Waals surface area contributed by atoms with Crippen molar-refractivity contribution in [3.8, 4) is 22.8 Å². The molecule has 1 N–H and O–H groups in total. The molecule has 1 aliphatic heterocycles. The minimum atomic E-state index is -4.76. The Balaban J connectivity index is 1.19. The first kappa shape index (κ1) is 30.3. The molecule has 43 heavy (non-hydrogen) atoms. The lowest BCUT2D eigenvalue weighted by Gasteiger charge is -2.19. The van der Waals surface area contributed by atoms with Crippen LogP contribution in [0.1, 0.15) is 24.0 Å². The summed E-state index contributed by atoms with van der Waals surface area (Å²) in [5.41, 5.74) is 3.80. The Morgan fingerprint density at radius 2 is 1.86 bits per heavy atom. The van der Waals surface area contributed by atoms with Gasteiger partial charge in [-0.25, -0.2) is 14.5 Å². The number of amidine groups is 1. The Morgan fingerprint density at radius 3 is 2.56 bits per heavy atom. The largest absolute Gasteiger partial charge is 0.573 e. The first-order valence-corrected chi connectivity index (χ1v) is 14.7. The van der Waals surface area contributed by atoms with Crippen LogP contribution in [-0.4, -0.2) is 50.5 Å². The molecule has 14 heteroatoms. The number of rotatable bonds is 7. The molecule has 3 amide bonds. The highest BCUT2D eigenvalue weighted by Crippen LogP contribution is 2.32. The molecule has 1 saturated heterocycles. The van der Waals surface area contributed by atoms with E-state index in [1.165, 1.54) is 51.9 Å². The van der Waals surface area contributed by atoms with Gasteiger partial charge in [0.25, 0.3) is 0 Å². The van der Waals surface area contributed by atoms with Crippen molar-refractivity contribution in [1.82, 2.24) is 20.1 Å². The van der Waals surface area contributed by atoms with Crippen molar-refractivity contribution in [2.75, 3.05) is 17.2 Å². The zero-order valence-electron chi connectivity index (χ0n) is 22.8. The molecule has 4 aromatic rings. The number of alkyl halides is 3. The molecule has 0 spiro atoms. The van der Waals surface area contributed by atoms with Gasteiger partial charge in [-0.15, -0.1) is 18.3 Å². The molecule has 0 bridgehead atoms. The first-order valence-electron chi connectivity index (χ1n) is 12.9. The smallest absolute Gasteiger partial charge is 0.406 e. The number of aryl methyl sites for hydroxylation is 1. The Kier molecular flexibility index (Phi) is 8.87. The number of urea groups is 1. The van der Waals surface area contributed by atoms with Gasteiger partial charge in [0.1, 0.15) is 12.1 Å². The van der Waals surface area contributed by atoms with E-state index in [2.05, 4.69) is 41.1 Å². The van der Waals surface area contributed by atoms with Crippen LogP contribution < -0.4 is 15.0 Å². The zero-order valence-corrected chi connectivity index (χ0v) is 25.2. The van der Waals surface area contributed by atoms with Crippen LogP contribution >= 0.6 is 27.7 Å². The predicted octanol–water partition coefficient (Wildman–Crippen LogP) is 6.85. The van der Waals surface area contributed by atoms with E-state index in [1.807, 2.05) is 56.3 Å². The van der Waals surface area contributed by atoms with Crippen molar-refractivity contribution in [1.29, 1.82) is 0 Å². The maximum absolute atomic E-state index is 12.7. The first-order chi connectivity index (χ1) is 20.5. The highest BCUT2D eigenvalue weighted by atomic mass is 79.9. The van der Waals surface area contributed by atoms with Crippen LogP contribution in [0.25, 0.3) is 17.1 Å². The van der Waals surface area contributed by atoms with E-state index in [0.717, 1.165) is 21.2 Å². The highest BCUT2D eigenvalue weighted by molar-refractivity contribution is 9.10. The Bertz CT molecular complexity index is 1680. The van der Waals surface area contributed by atoms with Gasteiger partial charge in [0.15, 0.2) is 11.0 Å². The molecule has 1 aliphatic rings. The third kappa shape index (κ3) is 7.43. The average Bonchev–Trinajstić information content (AvgIpc) is 3.60. The summed E-state index contributed by atoms with van der Waals surface area (Å²) in [6, 6.07) is 17.9. The van der Waals surface area contributed by atoms with E-state index >= 15 is 0 Å². The fourth-order valence-corrected chi connectivity index (χ4v) is 5.48. The van der Waals surface area contributed by atoms with Crippen molar-refractivity contribution in [2.45, 2.75) is 26.1 Å². The number of thioether (sulfide) groups is 1. The topological polar surface area (TPSA) is 102 Å². The SMILES string of the molecule is Cc1ccc(Br)cc1N1C(=O)CSC1=NC(=O)NCC(C)c1ccc(-c2ncn(-c3ccc(OC(F)(F)F)cc3)n2)cc1. The third-order valence-electron chi connectivity index (χ3n) is 6.50. The number of aliphatic imine (C=N–C) groups is 1. The minimum absolute atomic E-state index is 0.0394. The van der Waals surface area contributed by atoms with E-state index in [4.69, 9.17) is 0 Å². The number of nitrogens with one attached hydrogen (secondary N) is 1. The Hall–Kier alpha value is -4.17. The van der Waals surface area contributed by atoms with E-state index in [1.54, 1.807) is 0 Å². The van der Waals surface area contributed by atoms with Gasteiger partial charge in [-0.05, 0) is 60.4 Å². The van der Waals surface area contributed by atoms with Gasteiger partial charge in [0, 0.05) is 16.6 Å². The quantitative estimate of drug-likeness (QED) is 0.230. The summed E-state index contributed by atoms with van der Waals surface area (Å²) in [4.78, 5) is 35.2. The van der Waals surface area contributed by atoms with Gasteiger partial charge in [0.2, 0.25) is 5.91 Å². The monoisotopic (exact) mass is 672 g/mol. The second-order valence-corrected chi connectivity index (χ2v) is 11.5. The molecule has 222 valence electrons. The lowest BCUT2D eigenvalue weighted by atomic mass is 10.00. The molecule has 2 heterocycles. The van der Waals surface area contributed by atoms with Gasteiger partial charge in [-0.3, -0.25) is 9.69 Å². The summed E-state index contributed by atoms with van der Waals surface area (Å²) in [6.45, 7) is 4.18. The maximum Gasteiger partial charge on any atom is 0.573 e. The summed E-state index contributed by atoms with van der Waals surface area (Å²) < 4.78 is 43.4. The lowest BCUT2D eigenvalue weighted by Crippen LogP contribution is -2.32. The highest BCUT2D eigenvalue weighted by Gasteiger charge is 2.32. The van der Waals surface area contributed by atoms with E-state index in [0.29, 0.717) is 28.9 Å². The summed E-state index contributed by atoms with van der Waals surface area (Å²) in [6.07, 6.45) is -3.29. The van der Waals surface area contributed by atoms with Gasteiger partial charge in [0.05, 0.1) is 17.1 Å². The average molecular weight is 674 g/mol. The molecule has 9 nitrogen and oxygen atoms in total. The number of hydrogen-bond acceptors (Lipinski definition) is 6. The van der Waals surface area contributed by atoms with Gasteiger partial charge in [-0.2, -0.15) is 4.99 Å². The fourth-order valence-electron chi connectivity index (χ4n) is 4.27. The van der Waals surface area contributed by atoms with Crippen molar-refractivity contribution >= 4 is 50.5 Å². The number of ether oxygens (including phenoxy) is 1. The van der Waals surface area contributed by atoms with Crippen molar-refractivity contribution < 1.29 is 27.5 Å². The molecule has 1 atom stereocenters. The number of nitrogens with zero attached hydrogens (tertiary/aromatic N) is 5. The van der Waals surface area contributed by atoms with Gasteiger partial charge >= 0.3 is 12.4 Å². The standard InChI is InChI=1S/C29H24BrF3N6O3S/c1-17-3-8-21(30)13-24(17)39-25(40)15-43-28(39)36-27(41)34-14-18(2)19-4-6-20(7-5-19)26-35-16-38(37-26)22-9-11-23(12-10-22)42-29(31,32)33/h3-13,16,18H,14-15H2,1-2H3,(H,34,41). The zero-order chi connectivity index (χ0) is 30.7. The summed E-state index contributed by atoms with van der Waals surface area (Å²) >= 11 is 4.65. The number of amides is 3. The van der Waals surface area contributed by atoms with Crippen molar-refractivity contribution in [3.05, 3.63) is 88.7 Å². The number of carbonyl (C=O) groups is 2. The van der Waals surface area contributed by atoms with Crippen LogP contribution in [0.5, 0.6) is 5.75 Å². The van der Waals surface area contributed by atoms with Crippen LogP contribution in [-0.2, 0) is 4.79 Å². The lowest BCUT2D eigenvalue weighted by molar-refractivity contribution is -0.274. The molecule has 1 aromatic heterocycles. The van der Waals surface area contributed by atoms with Crippen LogP contribution in [0.15, 0.2) is 82.5 Å². The van der Waals surface area contributed by atoms with Gasteiger partial charge in [-0.1, -0.05) is 64.9 Å². The number of carbonyl (C=O) groups excluding carboxylic acids is 2. The van der Waals surface area contributed by atoms with Crippen LogP contribution in [0, 0.1) is 6.92 Å². The maximum atomic E-state index is 12.7. The molecule has 3 aromatic carbocycles. The number of anilines is 1. The normalized spacial score (nSPS) is 15.2. The van der Waals surface area contributed by atoms with Crippen LogP contribution in [0.4, 0.5) is 23.7 Å². The van der Waals surface area contributed by atoms with Crippen LogP contribution in [0.3, 0.4) is 0 Å². The molecule has 5 rings (SSSR count). The predicted molar refractivity (Wildman–Crippen MR) is 162 cm³/mol. The van der Waals surface area contributed by atoms with Crippen molar-refractivity contribution in [2.24, 2.45) is 4.99 Å². The summed E-state index contributed by atoms with van der Waals surface area (Å²) in [5, 5.41) is 7.57. The molecule has 1 fully saturated rings. The molecule has 0 radical (unpaired) electrons. The molecular weight excluding hydrogens is 649 g/mol. The van der Waals surface area contributed by atoms with E-state index < -0.39 is 12.4 Å². The molecule has 1 unspecified atom stereocenters. The molecule has 0 aliphatic carbocycles. The van der Waals surface area contributed by atoms with Crippen LogP contribution in [0.2, 0.25) is 0 Å². The third-order valence-corrected chi connectivity index (χ3v) is 7.92. The molecule has 0 saturated carbocycles. The number of hydrogen-bond donors (Lipinski definition) is 1. The van der Waals surface area contributed by atoms with E-state index in [-0.39, 0.29) is 23.3 Å². The minimum Gasteiger partial charge on any atom is -0.406 e. The second-order valence-electron chi connectivity index (χ2n) is 9.61. The van der Waals surface area contributed by atoms with Gasteiger partial charge < -0.3 is 10.1 Å². The number of aromatic nitrogens is 3. The summed E-state index contributed by atoms with van der Waals surface area (Å²) in [5.74, 6) is 0.140. The summed E-state index contributed by atoms with van der Waals surface area (Å²) in [7, 11) is 0. The molecular formula is C29H24BrF3N6O3S. The number of benzene rings is 3. The number of halogens is 4. The van der Waals surface area contributed by atoms with Crippen molar-refractivity contribution in [3.63, 3.8) is 0 Å². The second kappa shape index (κ2) is 12.6. The fraction of sp³-hybridized carbons (Fsp3) is 0.207. The Labute approximate surface area is 257 Å². The van der Waals surface area contributed by atoms with E-state index in [9.17, 15) is 22.8 Å². The Morgan fingerprint density at radius 1 is 1.14 bits per heavy atom.